The first-order valence-corrected chi connectivity index (χ1v) is 6.28. The molecule has 0 fully saturated rings. The minimum absolute atomic E-state index is 0.587. The molecule has 0 saturated heterocycles. The van der Waals surface area contributed by atoms with Crippen LogP contribution < -0.4 is 5.73 Å². The van der Waals surface area contributed by atoms with Gasteiger partial charge in [-0.05, 0) is 47.3 Å². The highest BCUT2D eigenvalue weighted by molar-refractivity contribution is 14.1. The zero-order valence-electron chi connectivity index (χ0n) is 8.74. The third-order valence-electron chi connectivity index (χ3n) is 2.11. The molecule has 0 aliphatic rings. The normalized spacial score (nSPS) is 10.6. The zero-order valence-corrected chi connectivity index (χ0v) is 11.7. The van der Waals surface area contributed by atoms with E-state index < -0.39 is 0 Å². The van der Waals surface area contributed by atoms with Gasteiger partial charge < -0.3 is 10.6 Å². The quantitative estimate of drug-likeness (QED) is 0.662. The third kappa shape index (κ3) is 5.44. The van der Waals surface area contributed by atoms with Gasteiger partial charge in [-0.15, -0.1) is 0 Å². The maximum absolute atomic E-state index is 5.46. The highest BCUT2D eigenvalue weighted by Crippen LogP contribution is 2.08. The minimum atomic E-state index is 0.587. The maximum atomic E-state index is 5.46. The molecule has 0 amide bonds. The Balaban J connectivity index is 2.40. The molecule has 2 N–H and O–H groups in total. The van der Waals surface area contributed by atoms with Crippen molar-refractivity contribution in [3.05, 3.63) is 33.4 Å². The van der Waals surface area contributed by atoms with E-state index in [0.717, 1.165) is 19.5 Å². The summed E-state index contributed by atoms with van der Waals surface area (Å²) in [4.78, 5) is 2.81. The Morgan fingerprint density at radius 3 is 2.53 bits per heavy atom. The Bertz CT molecular complexity index is 324. The van der Waals surface area contributed by atoms with Crippen LogP contribution >= 0.6 is 34.8 Å². The minimum Gasteiger partial charge on any atom is -0.393 e. The Kier molecular flexibility index (Phi) is 5.49. The number of benzene rings is 1. The van der Waals surface area contributed by atoms with Gasteiger partial charge >= 0.3 is 0 Å². The number of hydrogen-bond donors (Lipinski definition) is 1. The number of nitrogens with zero attached hydrogens (tertiary/aromatic N) is 1. The Morgan fingerprint density at radius 1 is 1.40 bits per heavy atom. The van der Waals surface area contributed by atoms with Crippen LogP contribution in [0.15, 0.2) is 24.3 Å². The van der Waals surface area contributed by atoms with Crippen LogP contribution in [0.2, 0.25) is 0 Å². The molecule has 0 heterocycles. The summed E-state index contributed by atoms with van der Waals surface area (Å²) in [5.41, 5.74) is 6.78. The van der Waals surface area contributed by atoms with Crippen molar-refractivity contribution in [2.24, 2.45) is 5.73 Å². The number of nitrogens with two attached hydrogens (primary N) is 1. The molecule has 0 aliphatic carbocycles. The lowest BCUT2D eigenvalue weighted by Crippen LogP contribution is -2.23. The van der Waals surface area contributed by atoms with Crippen LogP contribution in [0, 0.1) is 3.57 Å². The Hall–Kier alpha value is -0.200. The van der Waals surface area contributed by atoms with Crippen molar-refractivity contribution < 1.29 is 0 Å². The van der Waals surface area contributed by atoms with Gasteiger partial charge in [0, 0.05) is 23.1 Å². The molecular formula is C11H15IN2S. The number of thiocarbonyl (C=S) groups is 1. The number of hydrogen-bond acceptors (Lipinski definition) is 2. The average molecular weight is 334 g/mol. The van der Waals surface area contributed by atoms with Gasteiger partial charge in [-0.1, -0.05) is 24.4 Å². The van der Waals surface area contributed by atoms with Gasteiger partial charge in [0.1, 0.15) is 0 Å². The summed E-state index contributed by atoms with van der Waals surface area (Å²) in [5, 5.41) is 0. The molecule has 0 spiro atoms. The highest BCUT2D eigenvalue weighted by Gasteiger charge is 2.00. The van der Waals surface area contributed by atoms with Gasteiger partial charge in [0.15, 0.2) is 0 Å². The van der Waals surface area contributed by atoms with Crippen molar-refractivity contribution in [3.8, 4) is 0 Å². The van der Waals surface area contributed by atoms with E-state index in [0.29, 0.717) is 4.99 Å². The van der Waals surface area contributed by atoms with Crippen molar-refractivity contribution in [1.82, 2.24) is 4.90 Å². The van der Waals surface area contributed by atoms with E-state index in [1.54, 1.807) is 0 Å². The SMILES string of the molecule is CN(CCC(N)=S)Cc1ccc(I)cc1. The van der Waals surface area contributed by atoms with Crippen LogP contribution in [-0.4, -0.2) is 23.5 Å². The molecule has 0 radical (unpaired) electrons. The summed E-state index contributed by atoms with van der Waals surface area (Å²) in [6.45, 7) is 1.86. The van der Waals surface area contributed by atoms with Crippen LogP contribution in [0.4, 0.5) is 0 Å². The molecule has 82 valence electrons. The van der Waals surface area contributed by atoms with Crippen LogP contribution in [0.3, 0.4) is 0 Å². The van der Waals surface area contributed by atoms with Gasteiger partial charge in [-0.3, -0.25) is 0 Å². The van der Waals surface area contributed by atoms with E-state index in [-0.39, 0.29) is 0 Å². The second kappa shape index (κ2) is 6.40. The fourth-order valence-electron chi connectivity index (χ4n) is 1.28. The number of halogens is 1. The maximum Gasteiger partial charge on any atom is 0.0740 e. The summed E-state index contributed by atoms with van der Waals surface area (Å²) in [6, 6.07) is 8.55. The second-order valence-corrected chi connectivity index (χ2v) is 5.35. The smallest absolute Gasteiger partial charge is 0.0740 e. The summed E-state index contributed by atoms with van der Waals surface area (Å²) in [6.07, 6.45) is 0.788. The predicted octanol–water partition coefficient (Wildman–Crippen LogP) is 2.40. The van der Waals surface area contributed by atoms with Gasteiger partial charge in [-0.25, -0.2) is 0 Å². The predicted molar refractivity (Wildman–Crippen MR) is 76.9 cm³/mol. The molecule has 15 heavy (non-hydrogen) atoms. The third-order valence-corrected chi connectivity index (χ3v) is 3.03. The van der Waals surface area contributed by atoms with Crippen molar-refractivity contribution >= 4 is 39.8 Å². The first-order valence-electron chi connectivity index (χ1n) is 4.79. The van der Waals surface area contributed by atoms with Crippen LogP contribution in [0.5, 0.6) is 0 Å². The summed E-state index contributed by atoms with van der Waals surface area (Å²) in [5.74, 6) is 0. The fourth-order valence-corrected chi connectivity index (χ4v) is 1.73. The van der Waals surface area contributed by atoms with E-state index in [1.165, 1.54) is 9.13 Å². The summed E-state index contributed by atoms with van der Waals surface area (Å²) < 4.78 is 1.27. The highest BCUT2D eigenvalue weighted by atomic mass is 127. The first kappa shape index (κ1) is 12.9. The fraction of sp³-hybridized carbons (Fsp3) is 0.364. The lowest BCUT2D eigenvalue weighted by Gasteiger charge is -2.16. The molecular weight excluding hydrogens is 319 g/mol. The van der Waals surface area contributed by atoms with Crippen molar-refractivity contribution in [2.75, 3.05) is 13.6 Å². The van der Waals surface area contributed by atoms with E-state index in [4.69, 9.17) is 18.0 Å². The molecule has 0 unspecified atom stereocenters. The number of rotatable bonds is 5. The lowest BCUT2D eigenvalue weighted by atomic mass is 10.2. The summed E-state index contributed by atoms with van der Waals surface area (Å²) in [7, 11) is 2.08. The Labute approximate surface area is 110 Å². The van der Waals surface area contributed by atoms with Crippen LogP contribution in [-0.2, 0) is 6.54 Å². The Morgan fingerprint density at radius 2 is 2.00 bits per heavy atom. The molecule has 0 atom stereocenters. The van der Waals surface area contributed by atoms with Gasteiger partial charge in [-0.2, -0.15) is 0 Å². The van der Waals surface area contributed by atoms with Gasteiger partial charge in [0.2, 0.25) is 0 Å². The van der Waals surface area contributed by atoms with E-state index in [2.05, 4.69) is 58.8 Å². The molecule has 1 rings (SSSR count). The van der Waals surface area contributed by atoms with E-state index >= 15 is 0 Å². The monoisotopic (exact) mass is 334 g/mol. The first-order chi connectivity index (χ1) is 7.08. The molecule has 0 saturated carbocycles. The van der Waals surface area contributed by atoms with Crippen LogP contribution in [0.1, 0.15) is 12.0 Å². The van der Waals surface area contributed by atoms with Crippen molar-refractivity contribution in [3.63, 3.8) is 0 Å². The van der Waals surface area contributed by atoms with E-state index in [9.17, 15) is 0 Å². The standard InChI is InChI=1S/C11H15IN2S/c1-14(7-6-11(13)15)8-9-2-4-10(12)5-3-9/h2-5H,6-8H2,1H3,(H2,13,15). The molecule has 0 aromatic heterocycles. The van der Waals surface area contributed by atoms with Gasteiger partial charge in [0.25, 0.3) is 0 Å². The molecule has 2 nitrogen and oxygen atoms in total. The van der Waals surface area contributed by atoms with Crippen LogP contribution in [0.25, 0.3) is 0 Å². The zero-order chi connectivity index (χ0) is 11.3. The lowest BCUT2D eigenvalue weighted by molar-refractivity contribution is 0.337. The average Bonchev–Trinajstić information content (AvgIpc) is 2.19. The topological polar surface area (TPSA) is 29.3 Å². The molecule has 0 bridgehead atoms. The molecule has 1 aromatic carbocycles. The second-order valence-electron chi connectivity index (χ2n) is 3.58. The van der Waals surface area contributed by atoms with Gasteiger partial charge in [0.05, 0.1) is 4.99 Å². The molecule has 4 heteroatoms. The largest absolute Gasteiger partial charge is 0.393 e. The van der Waals surface area contributed by atoms with Crippen molar-refractivity contribution in [2.45, 2.75) is 13.0 Å². The van der Waals surface area contributed by atoms with Crippen molar-refractivity contribution in [1.29, 1.82) is 0 Å². The molecule has 1 aromatic rings. The summed E-state index contributed by atoms with van der Waals surface area (Å²) >= 11 is 7.15. The van der Waals surface area contributed by atoms with E-state index in [1.807, 2.05) is 0 Å². The molecule has 0 aliphatic heterocycles.